The molecule has 1 atom stereocenters. The molecule has 0 saturated heterocycles. The Labute approximate surface area is 95.1 Å². The highest BCUT2D eigenvalue weighted by Gasteiger charge is 2.53. The van der Waals surface area contributed by atoms with Crippen molar-refractivity contribution in [3.8, 4) is 0 Å². The first-order chi connectivity index (χ1) is 7.06. The quantitative estimate of drug-likeness (QED) is 0.870. The molecular weight excluding hydrogens is 262 g/mol. The molecule has 1 fully saturated rings. The smallest absolute Gasteiger partial charge is 0.333 e. The van der Waals surface area contributed by atoms with Crippen LogP contribution < -0.4 is 0 Å². The van der Waals surface area contributed by atoms with Gasteiger partial charge in [0.1, 0.15) is 0 Å². The van der Waals surface area contributed by atoms with Crippen LogP contribution in [0.5, 0.6) is 0 Å². The Balaban J connectivity index is 2.34. The number of aliphatic hydroxyl groups is 1. The van der Waals surface area contributed by atoms with Gasteiger partial charge in [-0.3, -0.25) is 4.98 Å². The molecule has 1 aliphatic rings. The molecule has 0 aliphatic heterocycles. The van der Waals surface area contributed by atoms with Crippen molar-refractivity contribution in [3.63, 3.8) is 0 Å². The van der Waals surface area contributed by atoms with E-state index < -0.39 is 17.5 Å². The minimum atomic E-state index is -1.34. The van der Waals surface area contributed by atoms with Crippen molar-refractivity contribution in [2.24, 2.45) is 0 Å². The molecule has 4 nitrogen and oxygen atoms in total. The maximum Gasteiger partial charge on any atom is 0.333 e. The zero-order valence-corrected chi connectivity index (χ0v) is 9.44. The molecule has 5 heteroatoms. The first-order valence-corrected chi connectivity index (χ1v) is 5.37. The molecule has 1 aromatic rings. The van der Waals surface area contributed by atoms with E-state index in [1.165, 1.54) is 0 Å². The lowest BCUT2D eigenvalue weighted by atomic mass is 9.91. The van der Waals surface area contributed by atoms with Crippen LogP contribution in [0.25, 0.3) is 0 Å². The van der Waals surface area contributed by atoms with E-state index >= 15 is 0 Å². The monoisotopic (exact) mass is 271 g/mol. The number of aliphatic hydroxyl groups excluding tert-OH is 1. The maximum absolute atomic E-state index is 10.8. The topological polar surface area (TPSA) is 70.4 Å². The van der Waals surface area contributed by atoms with Crippen LogP contribution in [0.15, 0.2) is 22.9 Å². The molecule has 1 heterocycles. The molecular formula is C10H10BrNO3. The fraction of sp³-hybridized carbons (Fsp3) is 0.400. The summed E-state index contributed by atoms with van der Waals surface area (Å²) in [6.07, 6.45) is 3.29. The van der Waals surface area contributed by atoms with Crippen LogP contribution in [0.4, 0.5) is 0 Å². The molecule has 80 valence electrons. The SMILES string of the molecule is O=C(O)C(O)C1(c2cncc(Br)c2)CC1. The predicted octanol–water partition coefficient (Wildman–Crippen LogP) is 1.32. The van der Waals surface area contributed by atoms with Crippen LogP contribution in [0.2, 0.25) is 0 Å². The number of hydrogen-bond donors (Lipinski definition) is 2. The number of pyridine rings is 1. The number of rotatable bonds is 3. The Hall–Kier alpha value is -0.940. The van der Waals surface area contributed by atoms with Crippen LogP contribution in [0.1, 0.15) is 18.4 Å². The summed E-state index contributed by atoms with van der Waals surface area (Å²) in [4.78, 5) is 14.7. The lowest BCUT2D eigenvalue weighted by molar-refractivity contribution is -0.148. The molecule has 1 aliphatic carbocycles. The predicted molar refractivity (Wildman–Crippen MR) is 56.5 cm³/mol. The lowest BCUT2D eigenvalue weighted by Crippen LogP contribution is -2.33. The van der Waals surface area contributed by atoms with Crippen molar-refractivity contribution >= 4 is 21.9 Å². The summed E-state index contributed by atoms with van der Waals surface area (Å²) in [5.41, 5.74) is 0.162. The third-order valence-corrected chi connectivity index (χ3v) is 3.26. The van der Waals surface area contributed by atoms with Gasteiger partial charge in [-0.1, -0.05) is 0 Å². The second-order valence-corrected chi connectivity index (χ2v) is 4.70. The molecule has 0 spiro atoms. The zero-order chi connectivity index (χ0) is 11.1. The van der Waals surface area contributed by atoms with Gasteiger partial charge in [0, 0.05) is 22.3 Å². The number of aromatic nitrogens is 1. The Morgan fingerprint density at radius 3 is 2.67 bits per heavy atom. The summed E-state index contributed by atoms with van der Waals surface area (Å²) >= 11 is 3.28. The van der Waals surface area contributed by atoms with E-state index in [2.05, 4.69) is 20.9 Å². The van der Waals surface area contributed by atoms with Gasteiger partial charge in [0.2, 0.25) is 0 Å². The van der Waals surface area contributed by atoms with Crippen molar-refractivity contribution in [2.75, 3.05) is 0 Å². The van der Waals surface area contributed by atoms with Gasteiger partial charge in [0.25, 0.3) is 0 Å². The molecule has 2 N–H and O–H groups in total. The van der Waals surface area contributed by atoms with E-state index in [1.807, 2.05) is 6.07 Å². The van der Waals surface area contributed by atoms with Crippen LogP contribution in [0.3, 0.4) is 0 Å². The fourth-order valence-electron chi connectivity index (χ4n) is 1.78. The molecule has 0 bridgehead atoms. The Morgan fingerprint density at radius 1 is 1.53 bits per heavy atom. The molecule has 2 rings (SSSR count). The highest BCUT2D eigenvalue weighted by Crippen LogP contribution is 2.51. The van der Waals surface area contributed by atoms with Crippen LogP contribution in [-0.2, 0) is 10.2 Å². The third kappa shape index (κ3) is 1.77. The third-order valence-electron chi connectivity index (χ3n) is 2.83. The van der Waals surface area contributed by atoms with Crippen LogP contribution in [-0.4, -0.2) is 27.3 Å². The van der Waals surface area contributed by atoms with Crippen molar-refractivity contribution in [2.45, 2.75) is 24.4 Å². The number of carboxylic acid groups (broad SMARTS) is 1. The first kappa shape index (κ1) is 10.6. The molecule has 0 amide bonds. The number of hydrogen-bond acceptors (Lipinski definition) is 3. The normalized spacial score (nSPS) is 19.6. The van der Waals surface area contributed by atoms with E-state index in [-0.39, 0.29) is 0 Å². The largest absolute Gasteiger partial charge is 0.479 e. The summed E-state index contributed by atoms with van der Waals surface area (Å²) in [7, 11) is 0. The molecule has 0 radical (unpaired) electrons. The zero-order valence-electron chi connectivity index (χ0n) is 7.85. The van der Waals surface area contributed by atoms with Gasteiger partial charge < -0.3 is 10.2 Å². The minimum absolute atomic E-state index is 0.622. The van der Waals surface area contributed by atoms with Gasteiger partial charge in [-0.25, -0.2) is 4.79 Å². The van der Waals surface area contributed by atoms with E-state index in [1.54, 1.807) is 12.4 Å². The standard InChI is InChI=1S/C10H10BrNO3/c11-7-3-6(4-12-5-7)10(1-2-10)8(13)9(14)15/h3-5,8,13H,1-2H2,(H,14,15). The van der Waals surface area contributed by atoms with Gasteiger partial charge in [-0.15, -0.1) is 0 Å². The lowest BCUT2D eigenvalue weighted by Gasteiger charge is -2.18. The van der Waals surface area contributed by atoms with Crippen molar-refractivity contribution < 1.29 is 15.0 Å². The van der Waals surface area contributed by atoms with Crippen molar-refractivity contribution in [1.82, 2.24) is 4.98 Å². The maximum atomic E-state index is 10.8. The number of aliphatic carboxylic acids is 1. The number of nitrogens with zero attached hydrogens (tertiary/aromatic N) is 1. The average molecular weight is 272 g/mol. The van der Waals surface area contributed by atoms with E-state index in [9.17, 15) is 9.90 Å². The van der Waals surface area contributed by atoms with Gasteiger partial charge in [0.05, 0.1) is 0 Å². The van der Waals surface area contributed by atoms with Crippen molar-refractivity contribution in [1.29, 1.82) is 0 Å². The summed E-state index contributed by atoms with van der Waals surface area (Å²) in [5.74, 6) is -1.17. The molecule has 15 heavy (non-hydrogen) atoms. The average Bonchev–Trinajstić information content (AvgIpc) is 2.97. The van der Waals surface area contributed by atoms with Gasteiger partial charge in [0.15, 0.2) is 6.10 Å². The Bertz CT molecular complexity index is 403. The summed E-state index contributed by atoms with van der Waals surface area (Å²) in [5, 5.41) is 18.4. The highest BCUT2D eigenvalue weighted by atomic mass is 79.9. The number of halogens is 1. The van der Waals surface area contributed by atoms with Gasteiger partial charge in [-0.05, 0) is 40.4 Å². The van der Waals surface area contributed by atoms with E-state index in [0.717, 1.165) is 10.0 Å². The fourth-order valence-corrected chi connectivity index (χ4v) is 2.14. The summed E-state index contributed by atoms with van der Waals surface area (Å²) in [6, 6.07) is 1.81. The Morgan fingerprint density at radius 2 is 2.20 bits per heavy atom. The van der Waals surface area contributed by atoms with Gasteiger partial charge >= 0.3 is 5.97 Å². The van der Waals surface area contributed by atoms with Gasteiger partial charge in [-0.2, -0.15) is 0 Å². The van der Waals surface area contributed by atoms with Crippen molar-refractivity contribution in [3.05, 3.63) is 28.5 Å². The van der Waals surface area contributed by atoms with Crippen LogP contribution in [0, 0.1) is 0 Å². The summed E-state index contributed by atoms with van der Waals surface area (Å²) < 4.78 is 0.795. The van der Waals surface area contributed by atoms with E-state index in [4.69, 9.17) is 5.11 Å². The second kappa shape index (κ2) is 3.57. The molecule has 1 aromatic heterocycles. The molecule has 0 aromatic carbocycles. The van der Waals surface area contributed by atoms with E-state index in [0.29, 0.717) is 12.8 Å². The first-order valence-electron chi connectivity index (χ1n) is 4.58. The second-order valence-electron chi connectivity index (χ2n) is 3.79. The molecule has 1 unspecified atom stereocenters. The number of carboxylic acids is 1. The van der Waals surface area contributed by atoms with Crippen LogP contribution >= 0.6 is 15.9 Å². The minimum Gasteiger partial charge on any atom is -0.479 e. The molecule has 1 saturated carbocycles. The highest BCUT2D eigenvalue weighted by molar-refractivity contribution is 9.10. The number of carbonyl (C=O) groups is 1. The summed E-state index contributed by atoms with van der Waals surface area (Å²) in [6.45, 7) is 0. The Kier molecular flexibility index (Phi) is 2.52.